The number of hydrogen-bond acceptors (Lipinski definition) is 6. The molecule has 0 N–H and O–H groups in total. The van der Waals surface area contributed by atoms with Crippen molar-refractivity contribution in [1.29, 1.82) is 0 Å². The fourth-order valence-corrected chi connectivity index (χ4v) is 15.4. The van der Waals surface area contributed by atoms with Crippen LogP contribution in [0.25, 0.3) is 64.0 Å². The van der Waals surface area contributed by atoms with Gasteiger partial charge in [-0.3, -0.25) is 29.0 Å². The van der Waals surface area contributed by atoms with E-state index in [1.54, 1.807) is 32.5 Å². The normalized spacial score (nSPS) is 14.4. The lowest BCUT2D eigenvalue weighted by Gasteiger charge is -2.33. The smallest absolute Gasteiger partial charge is 0.261 e. The van der Waals surface area contributed by atoms with Crippen molar-refractivity contribution in [3.63, 3.8) is 0 Å². The molecule has 4 amide bonds. The molecule has 4 heterocycles. The average Bonchev–Trinajstić information content (AvgIpc) is 4.38. The molecule has 2 atom stereocenters. The highest BCUT2D eigenvalue weighted by Crippen LogP contribution is 2.53. The molecular weight excluding hydrogens is 1020 g/mol. The van der Waals surface area contributed by atoms with Crippen LogP contribution in [0.1, 0.15) is 275 Å². The Morgan fingerprint density at radius 1 is 0.325 bits per heavy atom. The van der Waals surface area contributed by atoms with Gasteiger partial charge in [-0.2, -0.15) is 0 Å². The molecule has 0 aliphatic carbocycles. The summed E-state index contributed by atoms with van der Waals surface area (Å²) < 4.78 is 0. The fraction of sp³-hybridized carbons (Fsp3) is 0.556. The first-order valence-corrected chi connectivity index (χ1v) is 34.1. The Bertz CT molecular complexity index is 2920. The van der Waals surface area contributed by atoms with Gasteiger partial charge in [0.15, 0.2) is 0 Å². The molecule has 80 heavy (non-hydrogen) atoms. The van der Waals surface area contributed by atoms with Crippen molar-refractivity contribution in [2.45, 2.75) is 233 Å². The van der Waals surface area contributed by atoms with Crippen LogP contribution in [0.4, 0.5) is 0 Å². The van der Waals surface area contributed by atoms with Gasteiger partial charge in [0.1, 0.15) is 0 Å². The summed E-state index contributed by atoms with van der Waals surface area (Å²) in [6, 6.07) is 20.7. The number of nitrogens with zero attached hydrogens (tertiary/aromatic N) is 2. The highest BCUT2D eigenvalue weighted by atomic mass is 32.1. The Labute approximate surface area is 488 Å². The second-order valence-electron chi connectivity index (χ2n) is 24.3. The van der Waals surface area contributed by atoms with Crippen molar-refractivity contribution in [2.75, 3.05) is 13.1 Å². The number of unbranched alkanes of at least 4 members (excludes halogenated alkanes) is 24. The lowest BCUT2D eigenvalue weighted by molar-refractivity contribution is 0.0563. The van der Waals surface area contributed by atoms with E-state index in [1.165, 1.54) is 154 Å². The van der Waals surface area contributed by atoms with Gasteiger partial charge in [-0.15, -0.1) is 22.7 Å². The van der Waals surface area contributed by atoms with Gasteiger partial charge in [-0.05, 0) is 117 Å². The van der Waals surface area contributed by atoms with E-state index in [-0.39, 0.29) is 35.5 Å². The minimum Gasteiger partial charge on any atom is -0.274 e. The van der Waals surface area contributed by atoms with Crippen LogP contribution in [-0.2, 0) is 0 Å². The van der Waals surface area contributed by atoms with E-state index >= 15 is 19.2 Å². The van der Waals surface area contributed by atoms with Crippen LogP contribution in [0.2, 0.25) is 0 Å². The van der Waals surface area contributed by atoms with E-state index in [4.69, 9.17) is 0 Å². The fourth-order valence-electron chi connectivity index (χ4n) is 13.9. The Hall–Kier alpha value is -4.92. The van der Waals surface area contributed by atoms with Crippen molar-refractivity contribution >= 4 is 89.4 Å². The molecule has 2 aliphatic heterocycles. The standard InChI is InChI=1S/C72H94N2O4S2/c1-5-9-13-17-21-23-27-31-37-51(35-29-25-19-15-11-7-3)49-73-69(75)55-43-41-53-64-58(62-40-34-46-80-62)48-60-66-56(44-42-54(68(64)66)63-57(61-39-33-45-79-61)47-59(71(73)77)65(55)67(53)63)70(76)74(72(60)78)50-52(36-30-26-20-16-12-8-4)38-32-28-24-22-18-14-10-6-2/h33-34,39-48,51-52H,5-32,35-38,49-50H2,1-4H3. The molecule has 5 aromatic carbocycles. The van der Waals surface area contributed by atoms with Crippen LogP contribution in [0.15, 0.2) is 71.4 Å². The lowest BCUT2D eigenvalue weighted by Crippen LogP contribution is -2.43. The van der Waals surface area contributed by atoms with Gasteiger partial charge in [-0.1, -0.05) is 232 Å². The lowest BCUT2D eigenvalue weighted by atomic mass is 9.78. The van der Waals surface area contributed by atoms with Crippen LogP contribution >= 0.6 is 22.7 Å². The van der Waals surface area contributed by atoms with Gasteiger partial charge >= 0.3 is 0 Å². The van der Waals surface area contributed by atoms with Gasteiger partial charge in [0.25, 0.3) is 23.6 Å². The Morgan fingerprint density at radius 2 is 0.625 bits per heavy atom. The largest absolute Gasteiger partial charge is 0.274 e. The summed E-state index contributed by atoms with van der Waals surface area (Å²) in [5.74, 6) is -0.288. The van der Waals surface area contributed by atoms with Gasteiger partial charge in [0, 0.05) is 67.0 Å². The zero-order chi connectivity index (χ0) is 55.8. The summed E-state index contributed by atoms with van der Waals surface area (Å²) in [4.78, 5) is 66.6. The molecule has 0 bridgehead atoms. The minimum absolute atomic E-state index is 0.198. The molecule has 428 valence electrons. The molecule has 0 saturated carbocycles. The van der Waals surface area contributed by atoms with Crippen LogP contribution in [0.5, 0.6) is 0 Å². The van der Waals surface area contributed by atoms with Crippen LogP contribution in [0, 0.1) is 11.8 Å². The first kappa shape index (κ1) is 59.7. The zero-order valence-electron chi connectivity index (χ0n) is 49.5. The third-order valence-corrected chi connectivity index (χ3v) is 20.1. The highest BCUT2D eigenvalue weighted by Gasteiger charge is 2.40. The molecule has 7 aromatic rings. The summed E-state index contributed by atoms with van der Waals surface area (Å²) in [6.45, 7) is 9.95. The van der Waals surface area contributed by atoms with Crippen molar-refractivity contribution in [3.8, 4) is 20.9 Å². The van der Waals surface area contributed by atoms with E-state index in [1.807, 2.05) is 12.1 Å². The van der Waals surface area contributed by atoms with Gasteiger partial charge in [-0.25, -0.2) is 0 Å². The SMILES string of the molecule is CCCCCCCCCCC(CCCCCCCC)CN1C(=O)c2ccc3c4c(-c5cccs5)cc5c6c(ccc(c7c(-c8cccs8)cc(c2c37)C1=O)c64)C(=O)N(CC(CCCCCCCC)CCCCCCCCCC)C5=O. The van der Waals surface area contributed by atoms with E-state index in [9.17, 15) is 0 Å². The number of thiophene rings is 2. The number of amides is 4. The Kier molecular flexibility index (Phi) is 22.3. The number of rotatable bonds is 38. The van der Waals surface area contributed by atoms with Crippen LogP contribution < -0.4 is 0 Å². The molecule has 2 aromatic heterocycles. The molecule has 2 aliphatic rings. The monoisotopic (exact) mass is 1110 g/mol. The summed E-state index contributed by atoms with van der Waals surface area (Å²) in [7, 11) is 0. The van der Waals surface area contributed by atoms with E-state index in [2.05, 4.69) is 87.0 Å². The molecule has 2 unspecified atom stereocenters. The van der Waals surface area contributed by atoms with Gasteiger partial charge < -0.3 is 0 Å². The van der Waals surface area contributed by atoms with E-state index in [0.29, 0.717) is 35.3 Å². The topological polar surface area (TPSA) is 74.8 Å². The van der Waals surface area contributed by atoms with Gasteiger partial charge in [0.05, 0.1) is 0 Å². The zero-order valence-corrected chi connectivity index (χ0v) is 51.1. The second kappa shape index (κ2) is 29.9. The molecular formula is C72H94N2O4S2. The summed E-state index contributed by atoms with van der Waals surface area (Å²) in [5, 5.41) is 11.3. The van der Waals surface area contributed by atoms with Gasteiger partial charge in [0.2, 0.25) is 0 Å². The third-order valence-electron chi connectivity index (χ3n) is 18.3. The number of carbonyl (C=O) groups is 4. The Balaban J connectivity index is 1.09. The van der Waals surface area contributed by atoms with Crippen molar-refractivity contribution < 1.29 is 19.2 Å². The first-order chi connectivity index (χ1) is 39.3. The van der Waals surface area contributed by atoms with E-state index < -0.39 is 0 Å². The number of benzene rings is 5. The molecule has 0 spiro atoms. The van der Waals surface area contributed by atoms with Crippen LogP contribution in [0.3, 0.4) is 0 Å². The quantitative estimate of drug-likeness (QED) is 0.0167. The number of hydrogen-bond donors (Lipinski definition) is 0. The molecule has 0 radical (unpaired) electrons. The average molecular weight is 1120 g/mol. The van der Waals surface area contributed by atoms with Crippen molar-refractivity contribution in [1.82, 2.24) is 9.80 Å². The first-order valence-electron chi connectivity index (χ1n) is 32.4. The maximum Gasteiger partial charge on any atom is 0.261 e. The summed E-state index contributed by atoms with van der Waals surface area (Å²) >= 11 is 3.30. The second-order valence-corrected chi connectivity index (χ2v) is 26.2. The van der Waals surface area contributed by atoms with E-state index in [0.717, 1.165) is 115 Å². The summed E-state index contributed by atoms with van der Waals surface area (Å²) in [6.07, 6.45) is 38.9. The number of imide groups is 2. The maximum atomic E-state index is 15.4. The molecule has 0 saturated heterocycles. The maximum absolute atomic E-state index is 15.4. The van der Waals surface area contributed by atoms with Crippen molar-refractivity contribution in [3.05, 3.63) is 93.7 Å². The van der Waals surface area contributed by atoms with Crippen LogP contribution in [-0.4, -0.2) is 46.5 Å². The molecule has 8 heteroatoms. The molecule has 9 rings (SSSR count). The predicted octanol–water partition coefficient (Wildman–Crippen LogP) is 22.2. The minimum atomic E-state index is -0.198. The number of carbonyl (C=O) groups excluding carboxylic acids is 4. The predicted molar refractivity (Wildman–Crippen MR) is 342 cm³/mol. The third kappa shape index (κ3) is 13.6. The molecule has 0 fully saturated rings. The van der Waals surface area contributed by atoms with Crippen molar-refractivity contribution in [2.24, 2.45) is 11.8 Å². The number of fused-ring (bicyclic) bond motifs is 2. The highest BCUT2D eigenvalue weighted by molar-refractivity contribution is 7.14. The Morgan fingerprint density at radius 3 is 0.925 bits per heavy atom. The summed E-state index contributed by atoms with van der Waals surface area (Å²) in [5.41, 5.74) is 4.23. The molecule has 6 nitrogen and oxygen atoms in total.